The van der Waals surface area contributed by atoms with E-state index < -0.39 is 0 Å². The molecule has 106 valence electrons. The molecule has 0 radical (unpaired) electrons. The summed E-state index contributed by atoms with van der Waals surface area (Å²) in [6.45, 7) is 1.76. The number of nitrogens with two attached hydrogens (primary N) is 1. The van der Waals surface area contributed by atoms with Crippen LogP contribution < -0.4 is 16.4 Å². The van der Waals surface area contributed by atoms with Crippen LogP contribution >= 0.6 is 12.4 Å². The molecule has 7 heteroatoms. The van der Waals surface area contributed by atoms with Crippen molar-refractivity contribution in [3.8, 4) is 0 Å². The molecule has 1 atom stereocenters. The van der Waals surface area contributed by atoms with Gasteiger partial charge in [-0.15, -0.1) is 12.4 Å². The van der Waals surface area contributed by atoms with E-state index in [-0.39, 0.29) is 49.0 Å². The lowest BCUT2D eigenvalue weighted by atomic mass is 10.2. The fraction of sp³-hybridized carbons (Fsp3) is 0.333. The molecule has 0 fully saturated rings. The summed E-state index contributed by atoms with van der Waals surface area (Å²) in [7, 11) is 0. The Kier molecular flexibility index (Phi) is 7.71. The van der Waals surface area contributed by atoms with Gasteiger partial charge in [0, 0.05) is 18.2 Å². The molecule has 0 bridgehead atoms. The molecule has 0 aliphatic carbocycles. The molecule has 0 saturated heterocycles. The van der Waals surface area contributed by atoms with Gasteiger partial charge in [-0.2, -0.15) is 0 Å². The van der Waals surface area contributed by atoms with Crippen LogP contribution in [0.15, 0.2) is 24.3 Å². The number of rotatable bonds is 5. The fourth-order valence-corrected chi connectivity index (χ4v) is 1.19. The number of hydrogen-bond acceptors (Lipinski definition) is 3. The third-order valence-corrected chi connectivity index (χ3v) is 2.35. The number of halogens is 2. The molecule has 0 aliphatic rings. The van der Waals surface area contributed by atoms with Gasteiger partial charge >= 0.3 is 0 Å². The van der Waals surface area contributed by atoms with Gasteiger partial charge in [-0.25, -0.2) is 4.39 Å². The summed E-state index contributed by atoms with van der Waals surface area (Å²) in [5, 5.41) is 4.99. The van der Waals surface area contributed by atoms with E-state index >= 15 is 0 Å². The first kappa shape index (κ1) is 17.3. The van der Waals surface area contributed by atoms with E-state index in [9.17, 15) is 14.0 Å². The first-order valence-corrected chi connectivity index (χ1v) is 5.56. The van der Waals surface area contributed by atoms with Crippen molar-refractivity contribution in [3.05, 3.63) is 30.1 Å². The maximum atomic E-state index is 12.6. The Morgan fingerprint density at radius 3 is 2.42 bits per heavy atom. The van der Waals surface area contributed by atoms with Gasteiger partial charge in [0.1, 0.15) is 5.82 Å². The van der Waals surface area contributed by atoms with Crippen molar-refractivity contribution >= 4 is 29.9 Å². The standard InChI is InChI=1S/C12H16FN3O2.ClH/c1-8(6-14)12(18)15-7-11(17)16-10-4-2-9(13)3-5-10;/h2-5,8H,6-7,14H2,1H3,(H,15,18)(H,16,17);1H. The molecular weight excluding hydrogens is 273 g/mol. The summed E-state index contributed by atoms with van der Waals surface area (Å²) in [5.41, 5.74) is 5.79. The van der Waals surface area contributed by atoms with E-state index in [0.717, 1.165) is 0 Å². The Morgan fingerprint density at radius 1 is 1.32 bits per heavy atom. The Labute approximate surface area is 117 Å². The zero-order valence-electron chi connectivity index (χ0n) is 10.5. The monoisotopic (exact) mass is 289 g/mol. The lowest BCUT2D eigenvalue weighted by molar-refractivity contribution is -0.126. The first-order valence-electron chi connectivity index (χ1n) is 5.56. The summed E-state index contributed by atoms with van der Waals surface area (Å²) in [6, 6.07) is 5.37. The van der Waals surface area contributed by atoms with Gasteiger partial charge < -0.3 is 16.4 Å². The second kappa shape index (κ2) is 8.44. The van der Waals surface area contributed by atoms with Crippen molar-refractivity contribution in [1.82, 2.24) is 5.32 Å². The average Bonchev–Trinajstić information content (AvgIpc) is 2.37. The third-order valence-electron chi connectivity index (χ3n) is 2.35. The van der Waals surface area contributed by atoms with Crippen molar-refractivity contribution in [3.63, 3.8) is 0 Å². The molecule has 1 unspecified atom stereocenters. The maximum Gasteiger partial charge on any atom is 0.243 e. The topological polar surface area (TPSA) is 84.2 Å². The van der Waals surface area contributed by atoms with E-state index in [1.165, 1.54) is 24.3 Å². The molecule has 19 heavy (non-hydrogen) atoms. The Balaban J connectivity index is 0.00000324. The lowest BCUT2D eigenvalue weighted by Gasteiger charge is -2.10. The lowest BCUT2D eigenvalue weighted by Crippen LogP contribution is -2.38. The minimum atomic E-state index is -0.377. The van der Waals surface area contributed by atoms with E-state index in [1.54, 1.807) is 6.92 Å². The summed E-state index contributed by atoms with van der Waals surface area (Å²) in [4.78, 5) is 22.8. The quantitative estimate of drug-likeness (QED) is 0.753. The van der Waals surface area contributed by atoms with E-state index in [4.69, 9.17) is 5.73 Å². The van der Waals surface area contributed by atoms with Gasteiger partial charge in [0.15, 0.2) is 0 Å². The van der Waals surface area contributed by atoms with Crippen LogP contribution in [-0.4, -0.2) is 24.9 Å². The van der Waals surface area contributed by atoms with Crippen molar-refractivity contribution < 1.29 is 14.0 Å². The molecule has 1 aromatic carbocycles. The van der Waals surface area contributed by atoms with Crippen molar-refractivity contribution in [2.75, 3.05) is 18.4 Å². The number of benzene rings is 1. The third kappa shape index (κ3) is 6.17. The van der Waals surface area contributed by atoms with E-state index in [2.05, 4.69) is 10.6 Å². The Hall–Kier alpha value is -1.66. The Morgan fingerprint density at radius 2 is 1.89 bits per heavy atom. The molecule has 4 N–H and O–H groups in total. The van der Waals surface area contributed by atoms with E-state index in [1.807, 2.05) is 0 Å². The summed E-state index contributed by atoms with van der Waals surface area (Å²) >= 11 is 0. The smallest absolute Gasteiger partial charge is 0.243 e. The van der Waals surface area contributed by atoms with Gasteiger partial charge in [-0.05, 0) is 24.3 Å². The van der Waals surface area contributed by atoms with Gasteiger partial charge in [0.25, 0.3) is 0 Å². The number of nitrogens with one attached hydrogen (secondary N) is 2. The zero-order valence-corrected chi connectivity index (χ0v) is 11.3. The molecule has 0 aromatic heterocycles. The van der Waals surface area contributed by atoms with Crippen LogP contribution in [0.25, 0.3) is 0 Å². The zero-order chi connectivity index (χ0) is 13.5. The number of anilines is 1. The van der Waals surface area contributed by atoms with Gasteiger partial charge in [0.05, 0.1) is 6.54 Å². The number of amides is 2. The number of carbonyl (C=O) groups is 2. The second-order valence-electron chi connectivity index (χ2n) is 3.91. The second-order valence-corrected chi connectivity index (χ2v) is 3.91. The predicted molar refractivity (Wildman–Crippen MR) is 73.5 cm³/mol. The predicted octanol–water partition coefficient (Wildman–Crippen LogP) is 0.897. The number of carbonyl (C=O) groups excluding carboxylic acids is 2. The van der Waals surface area contributed by atoms with Gasteiger partial charge in [-0.3, -0.25) is 9.59 Å². The minimum Gasteiger partial charge on any atom is -0.347 e. The van der Waals surface area contributed by atoms with Crippen molar-refractivity contribution in [1.29, 1.82) is 0 Å². The first-order chi connectivity index (χ1) is 8.52. The molecule has 1 rings (SSSR count). The highest BCUT2D eigenvalue weighted by Gasteiger charge is 2.11. The molecular formula is C12H17ClFN3O2. The molecule has 2 amide bonds. The summed E-state index contributed by atoms with van der Waals surface area (Å²) in [5.74, 6) is -1.35. The maximum absolute atomic E-state index is 12.6. The van der Waals surface area contributed by atoms with Crippen LogP contribution in [0.2, 0.25) is 0 Å². The Bertz CT molecular complexity index is 425. The van der Waals surface area contributed by atoms with Crippen LogP contribution in [-0.2, 0) is 9.59 Å². The highest BCUT2D eigenvalue weighted by atomic mass is 35.5. The summed E-state index contributed by atoms with van der Waals surface area (Å²) in [6.07, 6.45) is 0. The molecule has 5 nitrogen and oxygen atoms in total. The number of hydrogen-bond donors (Lipinski definition) is 3. The van der Waals surface area contributed by atoms with Crippen LogP contribution in [0, 0.1) is 11.7 Å². The highest BCUT2D eigenvalue weighted by molar-refractivity contribution is 5.94. The largest absolute Gasteiger partial charge is 0.347 e. The van der Waals surface area contributed by atoms with Crippen LogP contribution in [0.3, 0.4) is 0 Å². The van der Waals surface area contributed by atoms with Crippen LogP contribution in [0.4, 0.5) is 10.1 Å². The van der Waals surface area contributed by atoms with Crippen molar-refractivity contribution in [2.24, 2.45) is 11.7 Å². The van der Waals surface area contributed by atoms with Crippen molar-refractivity contribution in [2.45, 2.75) is 6.92 Å². The van der Waals surface area contributed by atoms with Crippen LogP contribution in [0.5, 0.6) is 0 Å². The normalized spacial score (nSPS) is 11.1. The average molecular weight is 290 g/mol. The van der Waals surface area contributed by atoms with Gasteiger partial charge in [0.2, 0.25) is 11.8 Å². The SMILES string of the molecule is CC(CN)C(=O)NCC(=O)Nc1ccc(F)cc1.Cl. The molecule has 0 spiro atoms. The summed E-state index contributed by atoms with van der Waals surface area (Å²) < 4.78 is 12.6. The fourth-order valence-electron chi connectivity index (χ4n) is 1.19. The van der Waals surface area contributed by atoms with E-state index in [0.29, 0.717) is 5.69 Å². The molecule has 1 aromatic rings. The minimum absolute atomic E-state index is 0. The molecule has 0 heterocycles. The molecule has 0 saturated carbocycles. The highest BCUT2D eigenvalue weighted by Crippen LogP contribution is 2.07. The molecule has 0 aliphatic heterocycles. The van der Waals surface area contributed by atoms with Crippen LogP contribution in [0.1, 0.15) is 6.92 Å². The van der Waals surface area contributed by atoms with Gasteiger partial charge in [-0.1, -0.05) is 6.92 Å².